The molecule has 0 spiro atoms. The van der Waals surface area contributed by atoms with E-state index in [1.165, 1.54) is 33.0 Å². The molecule has 0 N–H and O–H groups in total. The van der Waals surface area contributed by atoms with Crippen LogP contribution in [0.1, 0.15) is 22.5 Å². The van der Waals surface area contributed by atoms with Crippen LogP contribution in [-0.4, -0.2) is 19.5 Å². The van der Waals surface area contributed by atoms with E-state index in [1.807, 2.05) is 18.2 Å². The first-order valence-electron chi connectivity index (χ1n) is 17.0. The molecule has 7 aromatic carbocycles. The molecule has 0 atom stereocenters. The lowest BCUT2D eigenvalue weighted by Crippen LogP contribution is -2.31. The van der Waals surface area contributed by atoms with Gasteiger partial charge in [0.25, 0.3) is 0 Å². The van der Waals surface area contributed by atoms with Gasteiger partial charge >= 0.3 is 0 Å². The third kappa shape index (κ3) is 4.15. The molecule has 1 aliphatic rings. The summed E-state index contributed by atoms with van der Waals surface area (Å²) in [5.74, 6) is 1.98. The third-order valence-electron chi connectivity index (χ3n) is 10.1. The van der Waals surface area contributed by atoms with Crippen molar-refractivity contribution in [2.24, 2.45) is 0 Å². The molecule has 50 heavy (non-hydrogen) atoms. The topological polar surface area (TPSA) is 43.6 Å². The number of nitrogens with zero attached hydrogens (tertiary/aromatic N) is 4. The molecule has 1 aliphatic carbocycles. The molecule has 2 heterocycles. The first-order valence-corrected chi connectivity index (χ1v) is 17.0. The molecule has 4 heteroatoms. The lowest BCUT2D eigenvalue weighted by molar-refractivity contribution is 0.692. The second-order valence-corrected chi connectivity index (χ2v) is 12.8. The molecule has 4 nitrogen and oxygen atoms in total. The van der Waals surface area contributed by atoms with Gasteiger partial charge in [0.2, 0.25) is 0 Å². The van der Waals surface area contributed by atoms with E-state index in [2.05, 4.69) is 168 Å². The highest BCUT2D eigenvalue weighted by molar-refractivity contribution is 6.10. The van der Waals surface area contributed by atoms with Gasteiger partial charge in [-0.3, -0.25) is 0 Å². The summed E-state index contributed by atoms with van der Waals surface area (Å²) in [6, 6.07) is 64.1. The summed E-state index contributed by atoms with van der Waals surface area (Å²) in [4.78, 5) is 16.1. The van der Waals surface area contributed by atoms with Crippen molar-refractivity contribution >= 4 is 21.8 Å². The second kappa shape index (κ2) is 11.2. The number of para-hydroxylation sites is 2. The lowest BCUT2D eigenvalue weighted by Gasteiger charge is -2.31. The van der Waals surface area contributed by atoms with Gasteiger partial charge in [-0.15, -0.1) is 0 Å². The number of hydrogen-bond donors (Lipinski definition) is 0. The molecule has 0 saturated heterocycles. The van der Waals surface area contributed by atoms with E-state index in [4.69, 9.17) is 15.0 Å². The zero-order valence-corrected chi connectivity index (χ0v) is 27.1. The minimum absolute atomic E-state index is 0.637. The van der Waals surface area contributed by atoms with E-state index in [9.17, 15) is 0 Å². The summed E-state index contributed by atoms with van der Waals surface area (Å²) >= 11 is 0. The summed E-state index contributed by atoms with van der Waals surface area (Å²) in [6.45, 7) is 0. The van der Waals surface area contributed by atoms with Gasteiger partial charge in [0.05, 0.1) is 11.0 Å². The predicted molar refractivity (Wildman–Crippen MR) is 202 cm³/mol. The van der Waals surface area contributed by atoms with Crippen molar-refractivity contribution in [3.8, 4) is 39.6 Å². The number of rotatable bonds is 5. The number of hydrogen-bond acceptors (Lipinski definition) is 3. The lowest BCUT2D eigenvalue weighted by atomic mass is 9.71. The van der Waals surface area contributed by atoms with Crippen molar-refractivity contribution in [3.63, 3.8) is 0 Å². The Bertz CT molecular complexity index is 2650. The van der Waals surface area contributed by atoms with Gasteiger partial charge in [-0.2, -0.15) is 0 Å². The molecule has 0 aliphatic heterocycles. The van der Waals surface area contributed by atoms with Gasteiger partial charge < -0.3 is 4.57 Å². The van der Waals surface area contributed by atoms with Crippen LogP contribution in [0, 0.1) is 0 Å². The normalized spacial score (nSPS) is 13.0. The first kappa shape index (κ1) is 28.4. The maximum Gasteiger partial charge on any atom is 0.163 e. The van der Waals surface area contributed by atoms with Gasteiger partial charge in [-0.25, -0.2) is 15.0 Å². The summed E-state index contributed by atoms with van der Waals surface area (Å²) in [6.07, 6.45) is 0. The summed E-state index contributed by atoms with van der Waals surface area (Å²) in [5.41, 5.74) is 10.4. The predicted octanol–water partition coefficient (Wildman–Crippen LogP) is 10.7. The van der Waals surface area contributed by atoms with Crippen LogP contribution in [0.4, 0.5) is 0 Å². The van der Waals surface area contributed by atoms with Crippen LogP contribution in [0.2, 0.25) is 0 Å². The van der Waals surface area contributed by atoms with Crippen LogP contribution < -0.4 is 0 Å². The van der Waals surface area contributed by atoms with E-state index in [1.54, 1.807) is 0 Å². The third-order valence-corrected chi connectivity index (χ3v) is 10.1. The highest BCUT2D eigenvalue weighted by Gasteiger charge is 2.48. The number of fused-ring (bicyclic) bond motifs is 6. The maximum absolute atomic E-state index is 5.49. The van der Waals surface area contributed by atoms with Crippen molar-refractivity contribution in [2.45, 2.75) is 5.41 Å². The summed E-state index contributed by atoms with van der Waals surface area (Å²) in [5, 5.41) is 2.39. The number of benzene rings is 7. The van der Waals surface area contributed by atoms with Crippen molar-refractivity contribution in [2.75, 3.05) is 0 Å². The molecule has 2 aromatic heterocycles. The van der Waals surface area contributed by atoms with Crippen LogP contribution in [0.25, 0.3) is 61.4 Å². The molecule has 10 rings (SSSR count). The summed E-state index contributed by atoms with van der Waals surface area (Å²) in [7, 11) is 0. The average molecular weight is 639 g/mol. The minimum Gasteiger partial charge on any atom is -0.309 e. The average Bonchev–Trinajstić information content (AvgIpc) is 3.69. The smallest absolute Gasteiger partial charge is 0.163 e. The maximum atomic E-state index is 5.49. The Hall–Kier alpha value is -6.65. The van der Waals surface area contributed by atoms with Crippen molar-refractivity contribution in [1.82, 2.24) is 19.5 Å². The molecule has 0 unspecified atom stereocenters. The van der Waals surface area contributed by atoms with Crippen molar-refractivity contribution < 1.29 is 0 Å². The SMILES string of the molecule is c1ccc(-c2nc(-c3ccc4c5ccccc5n(-c5ccccc5)c4c3)nc(C3(c4ccccc4)c4ccccc4-c4ccccc43)n2)cc1. The Morgan fingerprint density at radius 2 is 0.940 bits per heavy atom. The quantitative estimate of drug-likeness (QED) is 0.188. The summed E-state index contributed by atoms with van der Waals surface area (Å²) < 4.78 is 2.34. The number of aromatic nitrogens is 4. The molecule has 9 aromatic rings. The zero-order valence-electron chi connectivity index (χ0n) is 27.1. The Balaban J connectivity index is 1.30. The van der Waals surface area contributed by atoms with Gasteiger partial charge in [0, 0.05) is 27.6 Å². The fraction of sp³-hybridized carbons (Fsp3) is 0.0217. The zero-order chi connectivity index (χ0) is 33.1. The Kier molecular flexibility index (Phi) is 6.36. The molecule has 0 amide bonds. The van der Waals surface area contributed by atoms with Crippen molar-refractivity contribution in [3.05, 3.63) is 205 Å². The van der Waals surface area contributed by atoms with E-state index in [-0.39, 0.29) is 0 Å². The molecule has 0 fully saturated rings. The standard InChI is InChI=1S/C46H30N4/c1-4-16-31(17-5-1)43-47-44(32-28-29-38-37-24-12-15-27-41(37)50(42(38)30-32)34-20-8-3-9-21-34)49-45(48-43)46(33-18-6-2-7-19-33)39-25-13-10-22-35(39)36-23-11-14-26-40(36)46/h1-30H. The molecule has 0 radical (unpaired) electrons. The highest BCUT2D eigenvalue weighted by Crippen LogP contribution is 2.55. The van der Waals surface area contributed by atoms with Gasteiger partial charge in [0.1, 0.15) is 5.41 Å². The van der Waals surface area contributed by atoms with Gasteiger partial charge in [-0.05, 0) is 52.1 Å². The molecule has 0 saturated carbocycles. The Morgan fingerprint density at radius 1 is 0.400 bits per heavy atom. The first-order chi connectivity index (χ1) is 24.8. The Morgan fingerprint density at radius 3 is 1.64 bits per heavy atom. The monoisotopic (exact) mass is 638 g/mol. The molecular formula is C46H30N4. The second-order valence-electron chi connectivity index (χ2n) is 12.8. The van der Waals surface area contributed by atoms with Gasteiger partial charge in [-0.1, -0.05) is 158 Å². The molecule has 0 bridgehead atoms. The van der Waals surface area contributed by atoms with E-state index < -0.39 is 5.41 Å². The molecular weight excluding hydrogens is 609 g/mol. The van der Waals surface area contributed by atoms with Crippen LogP contribution in [0.5, 0.6) is 0 Å². The fourth-order valence-corrected chi connectivity index (χ4v) is 7.96. The van der Waals surface area contributed by atoms with E-state index in [0.717, 1.165) is 33.4 Å². The van der Waals surface area contributed by atoms with Crippen molar-refractivity contribution in [1.29, 1.82) is 0 Å². The van der Waals surface area contributed by atoms with Crippen LogP contribution >= 0.6 is 0 Å². The Labute approximate surface area is 290 Å². The van der Waals surface area contributed by atoms with Gasteiger partial charge in [0.15, 0.2) is 17.5 Å². The molecule has 234 valence electrons. The fourth-order valence-electron chi connectivity index (χ4n) is 7.96. The highest BCUT2D eigenvalue weighted by atomic mass is 15.1. The van der Waals surface area contributed by atoms with Crippen LogP contribution in [-0.2, 0) is 5.41 Å². The largest absolute Gasteiger partial charge is 0.309 e. The minimum atomic E-state index is -0.751. The van der Waals surface area contributed by atoms with Crippen LogP contribution in [0.3, 0.4) is 0 Å². The van der Waals surface area contributed by atoms with E-state index >= 15 is 0 Å². The van der Waals surface area contributed by atoms with E-state index in [0.29, 0.717) is 17.5 Å². The van der Waals surface area contributed by atoms with Crippen LogP contribution in [0.15, 0.2) is 182 Å².